The van der Waals surface area contributed by atoms with Gasteiger partial charge in [-0.3, -0.25) is 9.59 Å². The normalized spacial score (nSPS) is 11.0. The number of hydrazone groups is 1. The summed E-state index contributed by atoms with van der Waals surface area (Å²) in [6.45, 7) is 4.38. The number of ketones is 2. The summed E-state index contributed by atoms with van der Waals surface area (Å²) in [4.78, 5) is 33.9. The summed E-state index contributed by atoms with van der Waals surface area (Å²) >= 11 is 0. The van der Waals surface area contributed by atoms with Gasteiger partial charge in [-0.05, 0) is 20.8 Å². The quantitative estimate of drug-likeness (QED) is 0.487. The number of hydrogen-bond donors (Lipinski definition) is 2. The highest BCUT2D eigenvalue weighted by Crippen LogP contribution is 2.17. The van der Waals surface area contributed by atoms with E-state index in [-0.39, 0.29) is 11.6 Å². The molecule has 1 rings (SSSR count). The molecule has 0 saturated carbocycles. The van der Waals surface area contributed by atoms with Gasteiger partial charge >= 0.3 is 6.03 Å². The van der Waals surface area contributed by atoms with E-state index in [9.17, 15) is 14.4 Å². The summed E-state index contributed by atoms with van der Waals surface area (Å²) in [5.41, 5.74) is 8.52. The average Bonchev–Trinajstić information content (AvgIpc) is 2.34. The Balaban J connectivity index is 3.39. The molecule has 0 saturated heterocycles. The molecule has 0 fully saturated rings. The molecule has 1 aromatic rings. The lowest BCUT2D eigenvalue weighted by Gasteiger charge is -2.10. The summed E-state index contributed by atoms with van der Waals surface area (Å²) in [5.74, 6) is -0.447. The van der Waals surface area contributed by atoms with Gasteiger partial charge in [0.1, 0.15) is 0 Å². The van der Waals surface area contributed by atoms with Crippen LogP contribution in [0.15, 0.2) is 23.3 Å². The fraction of sp³-hybridized carbons (Fsp3) is 0.231. The molecule has 6 nitrogen and oxygen atoms in total. The van der Waals surface area contributed by atoms with Crippen LogP contribution in [0, 0.1) is 0 Å². The van der Waals surface area contributed by atoms with Crippen molar-refractivity contribution >= 4 is 23.3 Å². The highest BCUT2D eigenvalue weighted by Gasteiger charge is 2.17. The molecule has 1 aromatic carbocycles. The van der Waals surface area contributed by atoms with E-state index >= 15 is 0 Å². The number of carbonyl (C=O) groups excluding carboxylic acids is 3. The van der Waals surface area contributed by atoms with Crippen molar-refractivity contribution in [3.8, 4) is 0 Å². The van der Waals surface area contributed by atoms with Crippen molar-refractivity contribution in [3.05, 3.63) is 34.9 Å². The van der Waals surface area contributed by atoms with Crippen LogP contribution in [0.4, 0.5) is 4.79 Å². The minimum Gasteiger partial charge on any atom is -0.350 e. The maximum absolute atomic E-state index is 11.7. The summed E-state index contributed by atoms with van der Waals surface area (Å²) in [6.07, 6.45) is 0. The van der Waals surface area contributed by atoms with Crippen LogP contribution in [0.25, 0.3) is 0 Å². The predicted molar refractivity (Wildman–Crippen MR) is 71.4 cm³/mol. The molecule has 100 valence electrons. The molecule has 0 aliphatic carbocycles. The van der Waals surface area contributed by atoms with Crippen LogP contribution in [0.3, 0.4) is 0 Å². The van der Waals surface area contributed by atoms with Crippen molar-refractivity contribution in [2.75, 3.05) is 0 Å². The molecule has 0 aliphatic heterocycles. The van der Waals surface area contributed by atoms with E-state index in [0.29, 0.717) is 22.4 Å². The Morgan fingerprint density at radius 1 is 1.05 bits per heavy atom. The van der Waals surface area contributed by atoms with Crippen LogP contribution in [-0.2, 0) is 0 Å². The standard InChI is InChI=1S/C13H15N3O3/c1-7(15-16-13(14)19)10-5-4-6-11(8(2)17)12(10)9(3)18/h4-6H,1-3H3,(H3,14,16,19). The Morgan fingerprint density at radius 2 is 1.63 bits per heavy atom. The number of hydrogen-bond acceptors (Lipinski definition) is 4. The molecule has 6 heteroatoms. The molecule has 0 spiro atoms. The Hall–Kier alpha value is -2.50. The highest BCUT2D eigenvalue weighted by molar-refractivity contribution is 6.15. The first kappa shape index (κ1) is 14.6. The number of carbonyl (C=O) groups is 3. The summed E-state index contributed by atoms with van der Waals surface area (Å²) in [6, 6.07) is 4.09. The molecule has 0 heterocycles. The topological polar surface area (TPSA) is 102 Å². The molecule has 2 amide bonds. The lowest BCUT2D eigenvalue weighted by molar-refractivity contribution is 0.0980. The van der Waals surface area contributed by atoms with Crippen LogP contribution in [0.2, 0.25) is 0 Å². The Kier molecular flexibility index (Phi) is 4.52. The number of nitrogens with one attached hydrogen (secondary N) is 1. The van der Waals surface area contributed by atoms with Gasteiger partial charge in [-0.2, -0.15) is 5.10 Å². The first-order valence-corrected chi connectivity index (χ1v) is 5.59. The molecule has 0 unspecified atom stereocenters. The van der Waals surface area contributed by atoms with Crippen molar-refractivity contribution in [2.45, 2.75) is 20.8 Å². The number of rotatable bonds is 4. The second-order valence-electron chi connectivity index (χ2n) is 4.01. The molecule has 0 aliphatic rings. The predicted octanol–water partition coefficient (Wildman–Crippen LogP) is 1.48. The van der Waals surface area contributed by atoms with Crippen LogP contribution >= 0.6 is 0 Å². The van der Waals surface area contributed by atoms with E-state index in [1.165, 1.54) is 13.8 Å². The Labute approximate surface area is 110 Å². The minimum atomic E-state index is -0.800. The van der Waals surface area contributed by atoms with E-state index in [2.05, 4.69) is 10.5 Å². The largest absolute Gasteiger partial charge is 0.350 e. The van der Waals surface area contributed by atoms with E-state index in [1.54, 1.807) is 25.1 Å². The lowest BCUT2D eigenvalue weighted by atomic mass is 9.93. The van der Waals surface area contributed by atoms with Crippen molar-refractivity contribution < 1.29 is 14.4 Å². The minimum absolute atomic E-state index is 0.206. The van der Waals surface area contributed by atoms with Gasteiger partial charge in [0.05, 0.1) is 5.71 Å². The fourth-order valence-electron chi connectivity index (χ4n) is 1.73. The number of nitrogens with zero attached hydrogens (tertiary/aromatic N) is 1. The monoisotopic (exact) mass is 261 g/mol. The lowest BCUT2D eigenvalue weighted by Crippen LogP contribution is -2.26. The van der Waals surface area contributed by atoms with Crippen molar-refractivity contribution in [3.63, 3.8) is 0 Å². The first-order chi connectivity index (χ1) is 8.84. The van der Waals surface area contributed by atoms with Gasteiger partial charge in [0.25, 0.3) is 0 Å². The third-order valence-corrected chi connectivity index (χ3v) is 2.52. The van der Waals surface area contributed by atoms with Crippen molar-refractivity contribution in [1.82, 2.24) is 5.43 Å². The summed E-state index contributed by atoms with van der Waals surface area (Å²) in [7, 11) is 0. The van der Waals surface area contributed by atoms with Gasteiger partial charge in [-0.25, -0.2) is 10.2 Å². The molecular formula is C13H15N3O3. The summed E-state index contributed by atoms with van der Waals surface area (Å²) < 4.78 is 0. The zero-order valence-corrected chi connectivity index (χ0v) is 11.0. The first-order valence-electron chi connectivity index (χ1n) is 5.59. The van der Waals surface area contributed by atoms with Crippen LogP contribution < -0.4 is 11.2 Å². The van der Waals surface area contributed by atoms with E-state index < -0.39 is 6.03 Å². The van der Waals surface area contributed by atoms with Gasteiger partial charge in [0, 0.05) is 16.7 Å². The fourth-order valence-corrected chi connectivity index (χ4v) is 1.73. The molecule has 3 N–H and O–H groups in total. The van der Waals surface area contributed by atoms with Crippen LogP contribution in [-0.4, -0.2) is 23.3 Å². The number of amides is 2. The molecule has 0 radical (unpaired) electrons. The molecule has 0 bridgehead atoms. The maximum atomic E-state index is 11.7. The second-order valence-corrected chi connectivity index (χ2v) is 4.01. The zero-order chi connectivity index (χ0) is 14.6. The smallest absolute Gasteiger partial charge is 0.332 e. The number of primary amides is 1. The third-order valence-electron chi connectivity index (χ3n) is 2.52. The Morgan fingerprint density at radius 3 is 2.11 bits per heavy atom. The van der Waals surface area contributed by atoms with Gasteiger partial charge in [-0.15, -0.1) is 0 Å². The maximum Gasteiger partial charge on any atom is 0.332 e. The van der Waals surface area contributed by atoms with Crippen molar-refractivity contribution in [1.29, 1.82) is 0 Å². The van der Waals surface area contributed by atoms with Gasteiger partial charge in [0.15, 0.2) is 11.6 Å². The highest BCUT2D eigenvalue weighted by atomic mass is 16.2. The number of benzene rings is 1. The average molecular weight is 261 g/mol. The number of Topliss-reactive ketones (excluding diaryl/α,β-unsaturated/α-hetero) is 2. The van der Waals surface area contributed by atoms with Gasteiger partial charge < -0.3 is 5.73 Å². The van der Waals surface area contributed by atoms with E-state index in [1.807, 2.05) is 0 Å². The van der Waals surface area contributed by atoms with Crippen molar-refractivity contribution in [2.24, 2.45) is 10.8 Å². The zero-order valence-electron chi connectivity index (χ0n) is 11.0. The van der Waals surface area contributed by atoms with Gasteiger partial charge in [-0.1, -0.05) is 18.2 Å². The molecule has 19 heavy (non-hydrogen) atoms. The summed E-state index contributed by atoms with van der Waals surface area (Å²) in [5, 5.41) is 3.77. The molecular weight excluding hydrogens is 246 g/mol. The SMILES string of the molecule is CC(=O)c1cccc(C(C)=NNC(N)=O)c1C(C)=O. The Bertz CT molecular complexity index is 576. The molecule has 0 atom stereocenters. The second kappa shape index (κ2) is 5.90. The van der Waals surface area contributed by atoms with E-state index in [4.69, 9.17) is 5.73 Å². The van der Waals surface area contributed by atoms with E-state index in [0.717, 1.165) is 0 Å². The third kappa shape index (κ3) is 3.48. The van der Waals surface area contributed by atoms with Crippen LogP contribution in [0.1, 0.15) is 47.1 Å². The molecule has 0 aromatic heterocycles. The van der Waals surface area contributed by atoms with Crippen LogP contribution in [0.5, 0.6) is 0 Å². The van der Waals surface area contributed by atoms with Gasteiger partial charge in [0.2, 0.25) is 0 Å². The number of nitrogens with two attached hydrogens (primary N) is 1. The number of urea groups is 1.